The molecule has 0 bridgehead atoms. The van der Waals surface area contributed by atoms with Crippen LogP contribution in [0.1, 0.15) is 11.1 Å². The Morgan fingerprint density at radius 1 is 0.923 bits per heavy atom. The molecule has 26 heavy (non-hydrogen) atoms. The lowest BCUT2D eigenvalue weighted by Gasteiger charge is -2.14. The van der Waals surface area contributed by atoms with E-state index in [4.69, 9.17) is 5.26 Å². The van der Waals surface area contributed by atoms with Gasteiger partial charge in [-0.1, -0.05) is 12.1 Å². The molecule has 1 aromatic heterocycles. The largest absolute Gasteiger partial charge is 0.418 e. The fraction of sp³-hybridized carbons (Fsp3) is 0.0556. The predicted octanol–water partition coefficient (Wildman–Crippen LogP) is 4.85. The van der Waals surface area contributed by atoms with Crippen molar-refractivity contribution in [2.75, 3.05) is 10.6 Å². The number of anilines is 4. The summed E-state index contributed by atoms with van der Waals surface area (Å²) in [4.78, 5) is 8.12. The molecule has 1 heterocycles. The second kappa shape index (κ2) is 7.11. The van der Waals surface area contributed by atoms with Gasteiger partial charge < -0.3 is 10.6 Å². The van der Waals surface area contributed by atoms with Crippen LogP contribution in [0.25, 0.3) is 0 Å². The first-order valence-electron chi connectivity index (χ1n) is 7.49. The number of nitrogens with zero attached hydrogens (tertiary/aromatic N) is 3. The molecule has 5 nitrogen and oxygen atoms in total. The van der Waals surface area contributed by atoms with Gasteiger partial charge >= 0.3 is 6.18 Å². The third-order valence-corrected chi connectivity index (χ3v) is 3.42. The monoisotopic (exact) mass is 355 g/mol. The highest BCUT2D eigenvalue weighted by atomic mass is 19.4. The van der Waals surface area contributed by atoms with E-state index in [2.05, 4.69) is 20.6 Å². The third kappa shape index (κ3) is 4.08. The highest BCUT2D eigenvalue weighted by Gasteiger charge is 2.33. The summed E-state index contributed by atoms with van der Waals surface area (Å²) in [6, 6.07) is 15.4. The Hall–Kier alpha value is -3.60. The average Bonchev–Trinajstić information content (AvgIpc) is 2.62. The van der Waals surface area contributed by atoms with Gasteiger partial charge in [0.05, 0.1) is 22.9 Å². The minimum Gasteiger partial charge on any atom is -0.340 e. The number of nitrogens with one attached hydrogen (secondary N) is 2. The zero-order valence-corrected chi connectivity index (χ0v) is 13.2. The zero-order chi connectivity index (χ0) is 18.6. The summed E-state index contributed by atoms with van der Waals surface area (Å²) >= 11 is 0. The fourth-order valence-corrected chi connectivity index (χ4v) is 2.22. The Morgan fingerprint density at radius 2 is 1.65 bits per heavy atom. The summed E-state index contributed by atoms with van der Waals surface area (Å²) in [5, 5.41) is 14.4. The number of para-hydroxylation sites is 1. The van der Waals surface area contributed by atoms with Crippen molar-refractivity contribution in [3.05, 3.63) is 71.9 Å². The van der Waals surface area contributed by atoms with Gasteiger partial charge in [0.25, 0.3) is 0 Å². The van der Waals surface area contributed by atoms with Crippen molar-refractivity contribution in [1.82, 2.24) is 9.97 Å². The standard InChI is InChI=1S/C18H12F3N5/c19-18(20,21)14-3-1-2-4-15(14)25-17-23-10-9-16(26-17)24-13-7-5-12(11-22)6-8-13/h1-10H,(H2,23,24,25,26). The molecule has 2 aromatic carbocycles. The first-order chi connectivity index (χ1) is 12.5. The van der Waals surface area contributed by atoms with Crippen molar-refractivity contribution in [2.45, 2.75) is 6.18 Å². The lowest BCUT2D eigenvalue weighted by Crippen LogP contribution is -2.09. The minimum atomic E-state index is -4.48. The Labute approximate surface area is 147 Å². The Morgan fingerprint density at radius 3 is 2.35 bits per heavy atom. The highest BCUT2D eigenvalue weighted by Crippen LogP contribution is 2.35. The van der Waals surface area contributed by atoms with Crippen LogP contribution in [-0.2, 0) is 6.18 Å². The molecule has 0 saturated carbocycles. The van der Waals surface area contributed by atoms with E-state index in [-0.39, 0.29) is 11.6 Å². The molecule has 8 heteroatoms. The molecule has 3 rings (SSSR count). The van der Waals surface area contributed by atoms with Crippen molar-refractivity contribution >= 4 is 23.1 Å². The first kappa shape index (κ1) is 17.2. The van der Waals surface area contributed by atoms with E-state index >= 15 is 0 Å². The zero-order valence-electron chi connectivity index (χ0n) is 13.2. The van der Waals surface area contributed by atoms with Crippen LogP contribution in [0, 0.1) is 11.3 Å². The second-order valence-electron chi connectivity index (χ2n) is 5.25. The summed E-state index contributed by atoms with van der Waals surface area (Å²) in [5.41, 5.74) is 0.276. The molecule has 0 spiro atoms. The van der Waals surface area contributed by atoms with Crippen LogP contribution in [-0.4, -0.2) is 9.97 Å². The molecule has 0 aliphatic rings. The highest BCUT2D eigenvalue weighted by molar-refractivity contribution is 5.62. The van der Waals surface area contributed by atoms with Crippen molar-refractivity contribution in [3.8, 4) is 6.07 Å². The first-order valence-corrected chi connectivity index (χ1v) is 7.49. The molecule has 0 amide bonds. The Kier molecular flexibility index (Phi) is 4.71. The van der Waals surface area contributed by atoms with Gasteiger partial charge in [-0.25, -0.2) is 4.98 Å². The number of halogens is 3. The minimum absolute atomic E-state index is 0.0281. The molecule has 0 aliphatic heterocycles. The molecule has 3 aromatic rings. The number of nitriles is 1. The maximum absolute atomic E-state index is 13.1. The van der Waals surface area contributed by atoms with E-state index in [0.29, 0.717) is 17.1 Å². The summed E-state index contributed by atoms with van der Waals surface area (Å²) in [5.74, 6) is 0.428. The number of alkyl halides is 3. The van der Waals surface area contributed by atoms with E-state index in [1.807, 2.05) is 6.07 Å². The molecule has 0 saturated heterocycles. The molecule has 0 aliphatic carbocycles. The smallest absolute Gasteiger partial charge is 0.340 e. The second-order valence-corrected chi connectivity index (χ2v) is 5.25. The topological polar surface area (TPSA) is 73.6 Å². The van der Waals surface area contributed by atoms with E-state index in [9.17, 15) is 13.2 Å². The van der Waals surface area contributed by atoms with Gasteiger partial charge in [-0.2, -0.15) is 23.4 Å². The maximum Gasteiger partial charge on any atom is 0.418 e. The van der Waals surface area contributed by atoms with Gasteiger partial charge in [0.15, 0.2) is 0 Å². The van der Waals surface area contributed by atoms with E-state index < -0.39 is 11.7 Å². The Bertz CT molecular complexity index is 946. The van der Waals surface area contributed by atoms with Crippen LogP contribution in [0.3, 0.4) is 0 Å². The number of hydrogen-bond donors (Lipinski definition) is 2. The summed E-state index contributed by atoms with van der Waals surface area (Å²) in [7, 11) is 0. The summed E-state index contributed by atoms with van der Waals surface area (Å²) < 4.78 is 39.2. The van der Waals surface area contributed by atoms with Gasteiger partial charge in [-0.3, -0.25) is 0 Å². The third-order valence-electron chi connectivity index (χ3n) is 3.42. The number of benzene rings is 2. The van der Waals surface area contributed by atoms with Crippen LogP contribution in [0.2, 0.25) is 0 Å². The van der Waals surface area contributed by atoms with Crippen molar-refractivity contribution in [3.63, 3.8) is 0 Å². The van der Waals surface area contributed by atoms with E-state index in [0.717, 1.165) is 6.07 Å². The SMILES string of the molecule is N#Cc1ccc(Nc2ccnc(Nc3ccccc3C(F)(F)F)n2)cc1. The molecule has 0 atom stereocenters. The van der Waals surface area contributed by atoms with Crippen LogP contribution in [0.15, 0.2) is 60.8 Å². The lowest BCUT2D eigenvalue weighted by atomic mass is 10.1. The number of hydrogen-bond acceptors (Lipinski definition) is 5. The van der Waals surface area contributed by atoms with Crippen molar-refractivity contribution < 1.29 is 13.2 Å². The van der Waals surface area contributed by atoms with Crippen LogP contribution in [0.4, 0.5) is 36.3 Å². The summed E-state index contributed by atoms with van der Waals surface area (Å²) in [6.45, 7) is 0. The molecular formula is C18H12F3N5. The van der Waals surface area contributed by atoms with Crippen molar-refractivity contribution in [1.29, 1.82) is 5.26 Å². The fourth-order valence-electron chi connectivity index (χ4n) is 2.22. The quantitative estimate of drug-likeness (QED) is 0.699. The molecule has 0 unspecified atom stereocenters. The van der Waals surface area contributed by atoms with Crippen LogP contribution >= 0.6 is 0 Å². The van der Waals surface area contributed by atoms with E-state index in [1.54, 1.807) is 30.3 Å². The summed E-state index contributed by atoms with van der Waals surface area (Å²) in [6.07, 6.45) is -3.06. The Balaban J connectivity index is 1.81. The average molecular weight is 355 g/mol. The molecule has 0 fully saturated rings. The van der Waals surface area contributed by atoms with Gasteiger partial charge in [0.1, 0.15) is 5.82 Å². The van der Waals surface area contributed by atoms with Crippen LogP contribution in [0.5, 0.6) is 0 Å². The normalized spacial score (nSPS) is 10.8. The predicted molar refractivity (Wildman–Crippen MR) is 91.2 cm³/mol. The molecule has 2 N–H and O–H groups in total. The molecule has 0 radical (unpaired) electrons. The van der Waals surface area contributed by atoms with Gasteiger partial charge in [-0.05, 0) is 42.5 Å². The number of rotatable bonds is 4. The van der Waals surface area contributed by atoms with E-state index in [1.165, 1.54) is 24.4 Å². The van der Waals surface area contributed by atoms with Crippen LogP contribution < -0.4 is 10.6 Å². The van der Waals surface area contributed by atoms with Gasteiger partial charge in [-0.15, -0.1) is 0 Å². The van der Waals surface area contributed by atoms with Gasteiger partial charge in [0.2, 0.25) is 5.95 Å². The molecule has 130 valence electrons. The lowest BCUT2D eigenvalue weighted by molar-refractivity contribution is -0.136. The van der Waals surface area contributed by atoms with Crippen molar-refractivity contribution in [2.24, 2.45) is 0 Å². The number of aromatic nitrogens is 2. The van der Waals surface area contributed by atoms with Gasteiger partial charge in [0, 0.05) is 11.9 Å². The maximum atomic E-state index is 13.1. The molecular weight excluding hydrogens is 343 g/mol.